The molecule has 0 aliphatic carbocycles. The normalized spacial score (nSPS) is 18.6. The lowest BCUT2D eigenvalue weighted by Crippen LogP contribution is -2.46. The van der Waals surface area contributed by atoms with Gasteiger partial charge in [0, 0.05) is 29.7 Å². The Labute approximate surface area is 158 Å². The lowest BCUT2D eigenvalue weighted by Gasteiger charge is -2.39. The molecular formula is C22H23FN2O2. The van der Waals surface area contributed by atoms with Gasteiger partial charge >= 0.3 is 0 Å². The van der Waals surface area contributed by atoms with Gasteiger partial charge in [-0.15, -0.1) is 0 Å². The molecule has 2 aromatic carbocycles. The number of anilines is 1. The van der Waals surface area contributed by atoms with E-state index in [0.717, 1.165) is 22.3 Å². The van der Waals surface area contributed by atoms with Gasteiger partial charge < -0.3 is 14.7 Å². The van der Waals surface area contributed by atoms with Crippen LogP contribution >= 0.6 is 0 Å². The lowest BCUT2D eigenvalue weighted by atomic mass is 9.99. The SMILES string of the molecule is Cc1cc(N2CCOCC2CC(O)c2ccccc2)c2cccc(F)c2n1. The Morgan fingerprint density at radius 1 is 1.22 bits per heavy atom. The van der Waals surface area contributed by atoms with Gasteiger partial charge in [-0.3, -0.25) is 0 Å². The summed E-state index contributed by atoms with van der Waals surface area (Å²) >= 11 is 0. The molecule has 0 radical (unpaired) electrons. The maximum atomic E-state index is 14.3. The molecule has 0 spiro atoms. The van der Waals surface area contributed by atoms with E-state index in [1.165, 1.54) is 6.07 Å². The maximum absolute atomic E-state index is 14.3. The molecule has 2 atom stereocenters. The number of aromatic nitrogens is 1. The molecular weight excluding hydrogens is 343 g/mol. The van der Waals surface area contributed by atoms with Crippen LogP contribution in [0.2, 0.25) is 0 Å². The van der Waals surface area contributed by atoms with Crippen LogP contribution in [0.4, 0.5) is 10.1 Å². The van der Waals surface area contributed by atoms with Gasteiger partial charge in [0.15, 0.2) is 0 Å². The number of hydrogen-bond acceptors (Lipinski definition) is 4. The van der Waals surface area contributed by atoms with Crippen LogP contribution in [0.1, 0.15) is 23.8 Å². The third kappa shape index (κ3) is 3.66. The minimum atomic E-state index is -0.577. The van der Waals surface area contributed by atoms with Gasteiger partial charge in [0.1, 0.15) is 11.3 Å². The lowest BCUT2D eigenvalue weighted by molar-refractivity contribution is 0.0681. The first-order chi connectivity index (χ1) is 13.1. The Morgan fingerprint density at radius 3 is 2.85 bits per heavy atom. The van der Waals surface area contributed by atoms with E-state index in [1.807, 2.05) is 49.4 Å². The standard InChI is InChI=1S/C22H23FN2O2/c1-15-12-20(18-8-5-9-19(23)22(18)24-15)25-10-11-27-14-17(25)13-21(26)16-6-3-2-4-7-16/h2-9,12,17,21,26H,10-11,13-14H2,1H3. The van der Waals surface area contributed by atoms with Gasteiger partial charge in [-0.1, -0.05) is 42.5 Å². The Hall–Kier alpha value is -2.50. The summed E-state index contributed by atoms with van der Waals surface area (Å²) in [5.41, 5.74) is 3.01. The highest BCUT2D eigenvalue weighted by Gasteiger charge is 2.28. The zero-order chi connectivity index (χ0) is 18.8. The Morgan fingerprint density at radius 2 is 2.04 bits per heavy atom. The second-order valence-electron chi connectivity index (χ2n) is 7.00. The number of nitrogens with zero attached hydrogens (tertiary/aromatic N) is 2. The van der Waals surface area contributed by atoms with Crippen LogP contribution < -0.4 is 4.90 Å². The second-order valence-corrected chi connectivity index (χ2v) is 7.00. The summed E-state index contributed by atoms with van der Waals surface area (Å²) in [6, 6.07) is 16.7. The molecule has 0 bridgehead atoms. The molecule has 1 aliphatic heterocycles. The van der Waals surface area contributed by atoms with Crippen molar-refractivity contribution >= 4 is 16.6 Å². The van der Waals surface area contributed by atoms with Gasteiger partial charge in [0.2, 0.25) is 0 Å². The largest absolute Gasteiger partial charge is 0.388 e. The average Bonchev–Trinajstić information content (AvgIpc) is 2.69. The number of morpholine rings is 1. The summed E-state index contributed by atoms with van der Waals surface area (Å²) in [6.07, 6.45) is -0.0336. The van der Waals surface area contributed by atoms with Crippen LogP contribution in [-0.2, 0) is 4.74 Å². The smallest absolute Gasteiger partial charge is 0.149 e. The highest BCUT2D eigenvalue weighted by Crippen LogP contribution is 2.33. The summed E-state index contributed by atoms with van der Waals surface area (Å²) < 4.78 is 20.0. The molecule has 140 valence electrons. The number of aliphatic hydroxyl groups excluding tert-OH is 1. The van der Waals surface area contributed by atoms with Crippen LogP contribution in [-0.4, -0.2) is 35.9 Å². The third-order valence-corrected chi connectivity index (χ3v) is 5.11. The number of benzene rings is 2. The van der Waals surface area contributed by atoms with Crippen LogP contribution in [0.5, 0.6) is 0 Å². The Bertz CT molecular complexity index is 932. The van der Waals surface area contributed by atoms with Crippen molar-refractivity contribution in [2.75, 3.05) is 24.7 Å². The highest BCUT2D eigenvalue weighted by molar-refractivity contribution is 5.92. The predicted molar refractivity (Wildman–Crippen MR) is 104 cm³/mol. The van der Waals surface area contributed by atoms with E-state index in [9.17, 15) is 9.50 Å². The average molecular weight is 366 g/mol. The molecule has 2 unspecified atom stereocenters. The molecule has 4 nitrogen and oxygen atoms in total. The zero-order valence-electron chi connectivity index (χ0n) is 15.3. The van der Waals surface area contributed by atoms with Crippen molar-refractivity contribution in [2.45, 2.75) is 25.5 Å². The molecule has 1 aromatic heterocycles. The number of ether oxygens (including phenoxy) is 1. The summed E-state index contributed by atoms with van der Waals surface area (Å²) in [6.45, 7) is 3.71. The first-order valence-electron chi connectivity index (χ1n) is 9.27. The van der Waals surface area contributed by atoms with Gasteiger partial charge in [-0.2, -0.15) is 0 Å². The quantitative estimate of drug-likeness (QED) is 0.758. The van der Waals surface area contributed by atoms with E-state index in [4.69, 9.17) is 4.74 Å². The highest BCUT2D eigenvalue weighted by atomic mass is 19.1. The molecule has 4 rings (SSSR count). The van der Waals surface area contributed by atoms with Crippen molar-refractivity contribution in [3.05, 3.63) is 71.7 Å². The molecule has 1 N–H and O–H groups in total. The first-order valence-corrected chi connectivity index (χ1v) is 9.27. The maximum Gasteiger partial charge on any atom is 0.149 e. The van der Waals surface area contributed by atoms with E-state index in [-0.39, 0.29) is 11.9 Å². The van der Waals surface area contributed by atoms with Crippen LogP contribution in [0, 0.1) is 12.7 Å². The Kier molecular flexibility index (Phi) is 5.05. The molecule has 3 aromatic rings. The van der Waals surface area contributed by atoms with Gasteiger partial charge in [-0.25, -0.2) is 9.37 Å². The Balaban J connectivity index is 1.69. The van der Waals surface area contributed by atoms with Crippen LogP contribution in [0.15, 0.2) is 54.6 Å². The number of rotatable bonds is 4. The minimum Gasteiger partial charge on any atom is -0.388 e. The fourth-order valence-corrected chi connectivity index (χ4v) is 3.79. The number of para-hydroxylation sites is 1. The molecule has 0 amide bonds. The topological polar surface area (TPSA) is 45.6 Å². The summed E-state index contributed by atoms with van der Waals surface area (Å²) in [5.74, 6) is -0.313. The van der Waals surface area contributed by atoms with Crippen LogP contribution in [0.25, 0.3) is 10.9 Å². The van der Waals surface area contributed by atoms with E-state index in [1.54, 1.807) is 6.07 Å². The fourth-order valence-electron chi connectivity index (χ4n) is 3.79. The molecule has 1 aliphatic rings. The minimum absolute atomic E-state index is 0.00206. The number of aryl methyl sites for hydroxylation is 1. The van der Waals surface area contributed by atoms with E-state index in [2.05, 4.69) is 9.88 Å². The van der Waals surface area contributed by atoms with E-state index in [0.29, 0.717) is 31.7 Å². The van der Waals surface area contributed by atoms with Gasteiger partial charge in [0.05, 0.1) is 25.4 Å². The molecule has 27 heavy (non-hydrogen) atoms. The van der Waals surface area contributed by atoms with Crippen molar-refractivity contribution in [3.8, 4) is 0 Å². The van der Waals surface area contributed by atoms with E-state index < -0.39 is 6.10 Å². The number of hydrogen-bond donors (Lipinski definition) is 1. The summed E-state index contributed by atoms with van der Waals surface area (Å²) in [4.78, 5) is 6.61. The van der Waals surface area contributed by atoms with Crippen molar-refractivity contribution < 1.29 is 14.2 Å². The number of pyridine rings is 1. The van der Waals surface area contributed by atoms with Crippen molar-refractivity contribution in [1.29, 1.82) is 0 Å². The van der Waals surface area contributed by atoms with E-state index >= 15 is 0 Å². The molecule has 5 heteroatoms. The van der Waals surface area contributed by atoms with Crippen molar-refractivity contribution in [1.82, 2.24) is 4.98 Å². The van der Waals surface area contributed by atoms with Gasteiger partial charge in [-0.05, 0) is 24.6 Å². The zero-order valence-corrected chi connectivity index (χ0v) is 15.3. The van der Waals surface area contributed by atoms with Crippen molar-refractivity contribution in [2.24, 2.45) is 0 Å². The molecule has 1 saturated heterocycles. The summed E-state index contributed by atoms with van der Waals surface area (Å²) in [5, 5.41) is 11.5. The summed E-state index contributed by atoms with van der Waals surface area (Å²) in [7, 11) is 0. The first kappa shape index (κ1) is 17.9. The number of fused-ring (bicyclic) bond motifs is 1. The second kappa shape index (κ2) is 7.62. The predicted octanol–water partition coefficient (Wildman–Crippen LogP) is 4.01. The third-order valence-electron chi connectivity index (χ3n) is 5.11. The molecule has 2 heterocycles. The van der Waals surface area contributed by atoms with Crippen LogP contribution in [0.3, 0.4) is 0 Å². The molecule has 0 saturated carbocycles. The number of aliphatic hydroxyl groups is 1. The molecule has 1 fully saturated rings. The number of halogens is 1. The fraction of sp³-hybridized carbons (Fsp3) is 0.318. The van der Waals surface area contributed by atoms with Crippen molar-refractivity contribution in [3.63, 3.8) is 0 Å². The monoisotopic (exact) mass is 366 g/mol. The van der Waals surface area contributed by atoms with Gasteiger partial charge in [0.25, 0.3) is 0 Å².